The molecule has 8 heteroatoms. The van der Waals surface area contributed by atoms with Gasteiger partial charge in [0.2, 0.25) is 11.1 Å². The fourth-order valence-corrected chi connectivity index (χ4v) is 3.13. The van der Waals surface area contributed by atoms with E-state index in [1.54, 1.807) is 0 Å². The average Bonchev–Trinajstić information content (AvgIpc) is 2.34. The Morgan fingerprint density at radius 1 is 1.57 bits per heavy atom. The number of hydrogen-bond donors (Lipinski definition) is 2. The van der Waals surface area contributed by atoms with E-state index in [0.717, 1.165) is 12.8 Å². The van der Waals surface area contributed by atoms with E-state index in [9.17, 15) is 15.2 Å². The molecule has 116 valence electrons. The lowest BCUT2D eigenvalue weighted by molar-refractivity contribution is -0.385. The first-order valence-corrected chi connectivity index (χ1v) is 7.33. The van der Waals surface area contributed by atoms with Crippen LogP contribution in [0, 0.1) is 23.0 Å². The van der Waals surface area contributed by atoms with Gasteiger partial charge in [0.05, 0.1) is 10.5 Å². The van der Waals surface area contributed by atoms with Crippen molar-refractivity contribution in [3.05, 3.63) is 21.1 Å². The van der Waals surface area contributed by atoms with Gasteiger partial charge in [-0.05, 0) is 37.3 Å². The number of nitrogens with zero attached hydrogens (tertiary/aromatic N) is 3. The third-order valence-electron chi connectivity index (χ3n) is 3.87. The van der Waals surface area contributed by atoms with Crippen LogP contribution in [0.2, 0.25) is 5.28 Å². The summed E-state index contributed by atoms with van der Waals surface area (Å²) in [6, 6.07) is 0. The molecule has 2 unspecified atom stereocenters. The molecule has 1 fully saturated rings. The minimum atomic E-state index is -0.864. The molecule has 1 heterocycles. The van der Waals surface area contributed by atoms with E-state index in [0.29, 0.717) is 18.8 Å². The van der Waals surface area contributed by atoms with E-state index in [1.165, 1.54) is 6.92 Å². The summed E-state index contributed by atoms with van der Waals surface area (Å²) in [5.41, 5.74) is -0.866. The lowest BCUT2D eigenvalue weighted by Gasteiger charge is -2.35. The molecular formula is C13H19ClN4O3. The van der Waals surface area contributed by atoms with Crippen LogP contribution >= 0.6 is 11.6 Å². The second kappa shape index (κ2) is 6.11. The fraction of sp³-hybridized carbons (Fsp3) is 0.692. The van der Waals surface area contributed by atoms with Gasteiger partial charge in [-0.3, -0.25) is 10.1 Å². The lowest BCUT2D eigenvalue weighted by atomic mass is 9.79. The average molecular weight is 315 g/mol. The summed E-state index contributed by atoms with van der Waals surface area (Å²) >= 11 is 5.76. The second-order valence-corrected chi connectivity index (χ2v) is 6.15. The van der Waals surface area contributed by atoms with E-state index in [-0.39, 0.29) is 29.0 Å². The predicted molar refractivity (Wildman–Crippen MR) is 79.5 cm³/mol. The van der Waals surface area contributed by atoms with Crippen LogP contribution in [-0.4, -0.2) is 32.1 Å². The Hall–Kier alpha value is -1.47. The summed E-state index contributed by atoms with van der Waals surface area (Å²) < 4.78 is 0. The first-order valence-electron chi connectivity index (χ1n) is 6.95. The molecule has 1 aliphatic rings. The molecule has 2 rings (SSSR count). The van der Waals surface area contributed by atoms with E-state index in [4.69, 9.17) is 11.6 Å². The summed E-state index contributed by atoms with van der Waals surface area (Å²) in [6.45, 7) is 3.82. The molecule has 0 radical (unpaired) electrons. The van der Waals surface area contributed by atoms with Gasteiger partial charge in [0.25, 0.3) is 0 Å². The number of nitro groups is 1. The summed E-state index contributed by atoms with van der Waals surface area (Å²) in [5, 5.41) is 24.5. The highest BCUT2D eigenvalue weighted by Crippen LogP contribution is 2.33. The molecule has 1 aromatic rings. The van der Waals surface area contributed by atoms with Crippen LogP contribution in [0.5, 0.6) is 0 Å². The Morgan fingerprint density at radius 3 is 2.90 bits per heavy atom. The SMILES string of the molecule is Cc1nc(Cl)nc(NCC2(O)CCCC(C)C2)c1[N+](=O)[O-]. The fourth-order valence-electron chi connectivity index (χ4n) is 2.92. The van der Waals surface area contributed by atoms with Crippen molar-refractivity contribution >= 4 is 23.1 Å². The van der Waals surface area contributed by atoms with Gasteiger partial charge < -0.3 is 10.4 Å². The molecule has 7 nitrogen and oxygen atoms in total. The molecule has 2 atom stereocenters. The van der Waals surface area contributed by atoms with Crippen molar-refractivity contribution in [3.8, 4) is 0 Å². The van der Waals surface area contributed by atoms with E-state index in [1.807, 2.05) is 0 Å². The molecule has 1 aromatic heterocycles. The maximum Gasteiger partial charge on any atom is 0.332 e. The van der Waals surface area contributed by atoms with Crippen molar-refractivity contribution in [2.24, 2.45) is 5.92 Å². The van der Waals surface area contributed by atoms with E-state index < -0.39 is 10.5 Å². The monoisotopic (exact) mass is 314 g/mol. The highest BCUT2D eigenvalue weighted by Gasteiger charge is 2.33. The minimum Gasteiger partial charge on any atom is -0.388 e. The van der Waals surface area contributed by atoms with Crippen molar-refractivity contribution in [1.82, 2.24) is 9.97 Å². The number of anilines is 1. The molecule has 2 N–H and O–H groups in total. The van der Waals surface area contributed by atoms with Crippen molar-refractivity contribution in [2.45, 2.75) is 45.1 Å². The Morgan fingerprint density at radius 2 is 2.29 bits per heavy atom. The first-order chi connectivity index (χ1) is 9.81. The van der Waals surface area contributed by atoms with Crippen molar-refractivity contribution < 1.29 is 10.0 Å². The minimum absolute atomic E-state index is 0.0513. The molecule has 0 aliphatic heterocycles. The largest absolute Gasteiger partial charge is 0.388 e. The normalized spacial score (nSPS) is 25.6. The van der Waals surface area contributed by atoms with Crippen molar-refractivity contribution in [3.63, 3.8) is 0 Å². The smallest absolute Gasteiger partial charge is 0.332 e. The standard InChI is InChI=1S/C13H19ClN4O3/c1-8-4-3-5-13(19,6-8)7-15-11-10(18(20)21)9(2)16-12(14)17-11/h8,19H,3-7H2,1-2H3,(H,15,16,17). The number of hydrogen-bond acceptors (Lipinski definition) is 6. The Balaban J connectivity index is 2.18. The molecule has 1 saturated carbocycles. The zero-order valence-electron chi connectivity index (χ0n) is 12.1. The summed E-state index contributed by atoms with van der Waals surface area (Å²) in [4.78, 5) is 18.2. The Labute approximate surface area is 127 Å². The van der Waals surface area contributed by atoms with Crippen LogP contribution in [0.15, 0.2) is 0 Å². The second-order valence-electron chi connectivity index (χ2n) is 5.81. The number of halogens is 1. The topological polar surface area (TPSA) is 101 Å². The third kappa shape index (κ3) is 3.79. The van der Waals surface area contributed by atoms with Crippen LogP contribution < -0.4 is 5.32 Å². The van der Waals surface area contributed by atoms with Crippen LogP contribution in [0.25, 0.3) is 0 Å². The van der Waals surface area contributed by atoms with Gasteiger partial charge in [0.1, 0.15) is 5.69 Å². The zero-order chi connectivity index (χ0) is 15.6. The molecule has 0 aromatic carbocycles. The highest BCUT2D eigenvalue weighted by molar-refractivity contribution is 6.28. The van der Waals surface area contributed by atoms with Gasteiger partial charge in [-0.2, -0.15) is 4.98 Å². The maximum absolute atomic E-state index is 11.1. The van der Waals surface area contributed by atoms with Crippen LogP contribution in [0.3, 0.4) is 0 Å². The van der Waals surface area contributed by atoms with Crippen LogP contribution in [0.4, 0.5) is 11.5 Å². The molecule has 0 amide bonds. The van der Waals surface area contributed by atoms with Gasteiger partial charge in [0.15, 0.2) is 0 Å². The summed E-state index contributed by atoms with van der Waals surface area (Å²) in [7, 11) is 0. The lowest BCUT2D eigenvalue weighted by Crippen LogP contribution is -2.41. The molecule has 0 saturated heterocycles. The quantitative estimate of drug-likeness (QED) is 0.503. The number of rotatable bonds is 4. The van der Waals surface area contributed by atoms with Gasteiger partial charge >= 0.3 is 5.69 Å². The molecule has 21 heavy (non-hydrogen) atoms. The molecule has 0 spiro atoms. The van der Waals surface area contributed by atoms with Gasteiger partial charge in [0, 0.05) is 6.54 Å². The van der Waals surface area contributed by atoms with E-state index >= 15 is 0 Å². The van der Waals surface area contributed by atoms with Crippen molar-refractivity contribution in [1.29, 1.82) is 0 Å². The van der Waals surface area contributed by atoms with E-state index in [2.05, 4.69) is 22.2 Å². The highest BCUT2D eigenvalue weighted by atomic mass is 35.5. The molecular weight excluding hydrogens is 296 g/mol. The van der Waals surface area contributed by atoms with Gasteiger partial charge in [-0.25, -0.2) is 4.98 Å². The number of aromatic nitrogens is 2. The first kappa shape index (κ1) is 15.9. The molecule has 1 aliphatic carbocycles. The Kier molecular flexibility index (Phi) is 4.63. The van der Waals surface area contributed by atoms with Gasteiger partial charge in [-0.15, -0.1) is 0 Å². The van der Waals surface area contributed by atoms with Crippen LogP contribution in [0.1, 0.15) is 38.3 Å². The number of aliphatic hydroxyl groups is 1. The number of aryl methyl sites for hydroxylation is 1. The van der Waals surface area contributed by atoms with Crippen molar-refractivity contribution in [2.75, 3.05) is 11.9 Å². The maximum atomic E-state index is 11.1. The Bertz CT molecular complexity index is 554. The molecule has 0 bridgehead atoms. The summed E-state index contributed by atoms with van der Waals surface area (Å²) in [6.07, 6.45) is 3.40. The van der Waals surface area contributed by atoms with Crippen LogP contribution in [-0.2, 0) is 0 Å². The number of nitrogens with one attached hydrogen (secondary N) is 1. The third-order valence-corrected chi connectivity index (χ3v) is 4.04. The zero-order valence-corrected chi connectivity index (χ0v) is 12.9. The summed E-state index contributed by atoms with van der Waals surface area (Å²) in [5.74, 6) is 0.500. The van der Waals surface area contributed by atoms with Gasteiger partial charge in [-0.1, -0.05) is 19.8 Å². The predicted octanol–water partition coefficient (Wildman–Crippen LogP) is 2.70.